The zero-order valence-electron chi connectivity index (χ0n) is 10.6. The zero-order chi connectivity index (χ0) is 12.3. The minimum Gasteiger partial charge on any atom is -0.396 e. The average Bonchev–Trinajstić information content (AvgIpc) is 2.72. The van der Waals surface area contributed by atoms with Gasteiger partial charge in [-0.25, -0.2) is 4.98 Å². The number of aromatic nitrogens is 2. The topological polar surface area (TPSA) is 38.1 Å². The molecule has 0 unspecified atom stereocenters. The molecule has 0 aliphatic heterocycles. The summed E-state index contributed by atoms with van der Waals surface area (Å²) in [5.41, 5.74) is 3.61. The van der Waals surface area contributed by atoms with Crippen molar-refractivity contribution in [3.63, 3.8) is 0 Å². The summed E-state index contributed by atoms with van der Waals surface area (Å²) < 4.78 is 2.24. The molecule has 0 saturated carbocycles. The van der Waals surface area contributed by atoms with Crippen molar-refractivity contribution in [3.05, 3.63) is 29.6 Å². The molecular weight excluding hydrogens is 212 g/mol. The zero-order valence-corrected chi connectivity index (χ0v) is 10.6. The standard InChI is InChI=1S/C14H20N2O/c1-3-11-7-8-13-12(10-11)15-14(6-5-9-17)16(13)4-2/h7-8,10,17H,3-6,9H2,1-2H3. The third-order valence-corrected chi connectivity index (χ3v) is 3.17. The molecular formula is C14H20N2O. The SMILES string of the molecule is CCc1ccc2c(c1)nc(CCCO)n2CC. The van der Waals surface area contributed by atoms with Crippen LogP contribution < -0.4 is 0 Å². The predicted molar refractivity (Wildman–Crippen MR) is 70.2 cm³/mol. The molecule has 0 amide bonds. The Morgan fingerprint density at radius 2 is 2.12 bits per heavy atom. The molecule has 0 aliphatic carbocycles. The molecule has 3 heteroatoms. The largest absolute Gasteiger partial charge is 0.396 e. The van der Waals surface area contributed by atoms with E-state index in [2.05, 4.69) is 41.6 Å². The first-order valence-corrected chi connectivity index (χ1v) is 6.39. The molecule has 92 valence electrons. The predicted octanol–water partition coefficient (Wildman–Crippen LogP) is 2.54. The molecule has 3 nitrogen and oxygen atoms in total. The summed E-state index contributed by atoms with van der Waals surface area (Å²) in [5, 5.41) is 8.91. The van der Waals surface area contributed by atoms with Gasteiger partial charge in [0.2, 0.25) is 0 Å². The van der Waals surface area contributed by atoms with Crippen LogP contribution in [-0.4, -0.2) is 21.3 Å². The molecule has 0 saturated heterocycles. The number of aliphatic hydroxyl groups is 1. The smallest absolute Gasteiger partial charge is 0.109 e. The normalized spacial score (nSPS) is 11.2. The van der Waals surface area contributed by atoms with Crippen LogP contribution in [0.1, 0.15) is 31.7 Å². The lowest BCUT2D eigenvalue weighted by atomic mass is 10.1. The number of fused-ring (bicyclic) bond motifs is 1. The van der Waals surface area contributed by atoms with Crippen LogP contribution in [0.4, 0.5) is 0 Å². The number of aryl methyl sites for hydroxylation is 3. The molecule has 17 heavy (non-hydrogen) atoms. The first-order chi connectivity index (χ1) is 8.30. The van der Waals surface area contributed by atoms with E-state index in [0.717, 1.165) is 37.1 Å². The highest BCUT2D eigenvalue weighted by Gasteiger charge is 2.09. The maximum Gasteiger partial charge on any atom is 0.109 e. The summed E-state index contributed by atoms with van der Waals surface area (Å²) >= 11 is 0. The highest BCUT2D eigenvalue weighted by Crippen LogP contribution is 2.19. The lowest BCUT2D eigenvalue weighted by Gasteiger charge is -2.05. The third kappa shape index (κ3) is 2.34. The van der Waals surface area contributed by atoms with Crippen LogP contribution in [-0.2, 0) is 19.4 Å². The maximum atomic E-state index is 8.91. The van der Waals surface area contributed by atoms with Gasteiger partial charge in [-0.2, -0.15) is 0 Å². The molecule has 0 aliphatic rings. The summed E-state index contributed by atoms with van der Waals surface area (Å²) in [7, 11) is 0. The van der Waals surface area contributed by atoms with Crippen molar-refractivity contribution >= 4 is 11.0 Å². The fourth-order valence-electron chi connectivity index (χ4n) is 2.23. The molecule has 0 bridgehead atoms. The van der Waals surface area contributed by atoms with Crippen LogP contribution >= 0.6 is 0 Å². The Hall–Kier alpha value is -1.35. The van der Waals surface area contributed by atoms with Gasteiger partial charge in [-0.3, -0.25) is 0 Å². The Labute approximate surface area is 102 Å². The highest BCUT2D eigenvalue weighted by atomic mass is 16.2. The molecule has 0 radical (unpaired) electrons. The Morgan fingerprint density at radius 1 is 1.29 bits per heavy atom. The Morgan fingerprint density at radius 3 is 2.76 bits per heavy atom. The minimum atomic E-state index is 0.229. The number of nitrogens with zero attached hydrogens (tertiary/aromatic N) is 2. The van der Waals surface area contributed by atoms with Crippen LogP contribution in [0.2, 0.25) is 0 Å². The first-order valence-electron chi connectivity index (χ1n) is 6.39. The Bertz CT molecular complexity index is 502. The molecule has 1 heterocycles. The molecule has 2 rings (SSSR count). The monoisotopic (exact) mass is 232 g/mol. The van der Waals surface area contributed by atoms with Crippen molar-refractivity contribution in [1.29, 1.82) is 0 Å². The summed E-state index contributed by atoms with van der Waals surface area (Å²) in [6.07, 6.45) is 2.67. The fourth-order valence-corrected chi connectivity index (χ4v) is 2.23. The number of benzene rings is 1. The van der Waals surface area contributed by atoms with Gasteiger partial charge in [0.05, 0.1) is 11.0 Å². The molecule has 1 aromatic heterocycles. The summed E-state index contributed by atoms with van der Waals surface area (Å²) in [4.78, 5) is 4.68. The summed E-state index contributed by atoms with van der Waals surface area (Å²) in [6, 6.07) is 6.50. The molecule has 0 spiro atoms. The van der Waals surface area contributed by atoms with Crippen LogP contribution in [0.25, 0.3) is 11.0 Å². The van der Waals surface area contributed by atoms with Crippen molar-refractivity contribution in [1.82, 2.24) is 9.55 Å². The third-order valence-electron chi connectivity index (χ3n) is 3.17. The van der Waals surface area contributed by atoms with E-state index in [4.69, 9.17) is 5.11 Å². The second kappa shape index (κ2) is 5.32. The Kier molecular flexibility index (Phi) is 3.79. The highest BCUT2D eigenvalue weighted by molar-refractivity contribution is 5.77. The van der Waals surface area contributed by atoms with E-state index in [1.807, 2.05) is 0 Å². The van der Waals surface area contributed by atoms with Gasteiger partial charge in [0.25, 0.3) is 0 Å². The van der Waals surface area contributed by atoms with Gasteiger partial charge in [-0.05, 0) is 37.5 Å². The molecule has 0 fully saturated rings. The van der Waals surface area contributed by atoms with Gasteiger partial charge in [0, 0.05) is 19.6 Å². The van der Waals surface area contributed by atoms with Gasteiger partial charge in [0.1, 0.15) is 5.82 Å². The van der Waals surface area contributed by atoms with Gasteiger partial charge in [-0.1, -0.05) is 13.0 Å². The van der Waals surface area contributed by atoms with Crippen molar-refractivity contribution < 1.29 is 5.11 Å². The fraction of sp³-hybridized carbons (Fsp3) is 0.500. The van der Waals surface area contributed by atoms with Crippen molar-refractivity contribution in [3.8, 4) is 0 Å². The quantitative estimate of drug-likeness (QED) is 0.860. The molecule has 1 aromatic carbocycles. The summed E-state index contributed by atoms with van der Waals surface area (Å²) in [6.45, 7) is 5.46. The van der Waals surface area contributed by atoms with E-state index in [1.165, 1.54) is 11.1 Å². The van der Waals surface area contributed by atoms with Crippen LogP contribution in [0.3, 0.4) is 0 Å². The van der Waals surface area contributed by atoms with Crippen molar-refractivity contribution in [2.45, 2.75) is 39.7 Å². The number of hydrogen-bond donors (Lipinski definition) is 1. The van der Waals surface area contributed by atoms with E-state index in [0.29, 0.717) is 0 Å². The van der Waals surface area contributed by atoms with Crippen LogP contribution in [0.15, 0.2) is 18.2 Å². The number of aliphatic hydroxyl groups excluding tert-OH is 1. The van der Waals surface area contributed by atoms with E-state index in [1.54, 1.807) is 0 Å². The van der Waals surface area contributed by atoms with E-state index < -0.39 is 0 Å². The van der Waals surface area contributed by atoms with Gasteiger partial charge < -0.3 is 9.67 Å². The van der Waals surface area contributed by atoms with E-state index >= 15 is 0 Å². The van der Waals surface area contributed by atoms with Gasteiger partial charge >= 0.3 is 0 Å². The van der Waals surface area contributed by atoms with Gasteiger partial charge in [-0.15, -0.1) is 0 Å². The first kappa shape index (κ1) is 12.1. The van der Waals surface area contributed by atoms with E-state index in [9.17, 15) is 0 Å². The number of rotatable bonds is 5. The van der Waals surface area contributed by atoms with Crippen LogP contribution in [0.5, 0.6) is 0 Å². The second-order valence-electron chi connectivity index (χ2n) is 4.28. The lowest BCUT2D eigenvalue weighted by Crippen LogP contribution is -2.02. The number of imidazole rings is 1. The maximum absolute atomic E-state index is 8.91. The molecule has 0 atom stereocenters. The van der Waals surface area contributed by atoms with Gasteiger partial charge in [0.15, 0.2) is 0 Å². The second-order valence-corrected chi connectivity index (χ2v) is 4.28. The number of hydrogen-bond acceptors (Lipinski definition) is 2. The van der Waals surface area contributed by atoms with Crippen LogP contribution in [0, 0.1) is 0 Å². The van der Waals surface area contributed by atoms with Crippen molar-refractivity contribution in [2.24, 2.45) is 0 Å². The minimum absolute atomic E-state index is 0.229. The Balaban J connectivity index is 2.46. The lowest BCUT2D eigenvalue weighted by molar-refractivity contribution is 0.287. The summed E-state index contributed by atoms with van der Waals surface area (Å²) in [5.74, 6) is 1.09. The van der Waals surface area contributed by atoms with Crippen molar-refractivity contribution in [2.75, 3.05) is 6.61 Å². The van der Waals surface area contributed by atoms with E-state index in [-0.39, 0.29) is 6.61 Å². The molecule has 2 aromatic rings. The average molecular weight is 232 g/mol. The molecule has 1 N–H and O–H groups in total.